The van der Waals surface area contributed by atoms with E-state index in [1.54, 1.807) is 0 Å². The number of hydrogen-bond donors (Lipinski definition) is 2. The third-order valence-electron chi connectivity index (χ3n) is 5.12. The van der Waals surface area contributed by atoms with Crippen LogP contribution in [0.1, 0.15) is 62.7 Å². The Balaban J connectivity index is 1.64. The maximum Gasteiger partial charge on any atom is 0.0774 e. The van der Waals surface area contributed by atoms with Crippen LogP contribution >= 0.6 is 0 Å². The van der Waals surface area contributed by atoms with E-state index in [0.29, 0.717) is 12.0 Å². The zero-order valence-electron chi connectivity index (χ0n) is 12.7. The van der Waals surface area contributed by atoms with Gasteiger partial charge >= 0.3 is 0 Å². The molecule has 1 aromatic rings. The van der Waals surface area contributed by atoms with Crippen molar-refractivity contribution in [2.45, 2.75) is 63.5 Å². The average Bonchev–Trinajstić information content (AvgIpc) is 2.79. The minimum Gasteiger partial charge on any atom is -0.389 e. The van der Waals surface area contributed by atoms with Crippen LogP contribution in [0.3, 0.4) is 0 Å². The lowest BCUT2D eigenvalue weighted by atomic mass is 9.78. The van der Waals surface area contributed by atoms with Crippen LogP contribution in [0.15, 0.2) is 6.20 Å². The number of aliphatic hydroxyl groups is 1. The molecule has 0 aliphatic heterocycles. The second-order valence-corrected chi connectivity index (χ2v) is 6.92. The molecule has 3 unspecified atom stereocenters. The number of aromatic nitrogens is 2. The summed E-state index contributed by atoms with van der Waals surface area (Å²) < 4.78 is 2.00. The van der Waals surface area contributed by atoms with Gasteiger partial charge in [-0.2, -0.15) is 5.10 Å². The molecule has 20 heavy (non-hydrogen) atoms. The van der Waals surface area contributed by atoms with Crippen molar-refractivity contribution in [1.29, 1.82) is 0 Å². The quantitative estimate of drug-likeness (QED) is 0.891. The van der Waals surface area contributed by atoms with Crippen molar-refractivity contribution in [3.05, 3.63) is 17.5 Å². The predicted molar refractivity (Wildman–Crippen MR) is 79.5 cm³/mol. The lowest BCUT2D eigenvalue weighted by Gasteiger charge is -2.37. The fourth-order valence-corrected chi connectivity index (χ4v) is 4.02. The Bertz CT molecular complexity index is 470. The summed E-state index contributed by atoms with van der Waals surface area (Å²) in [5.41, 5.74) is 2.20. The first kappa shape index (κ1) is 14.1. The van der Waals surface area contributed by atoms with Crippen LogP contribution in [0.4, 0.5) is 0 Å². The largest absolute Gasteiger partial charge is 0.389 e. The average molecular weight is 277 g/mol. The minimum absolute atomic E-state index is 0.369. The molecule has 0 bridgehead atoms. The summed E-state index contributed by atoms with van der Waals surface area (Å²) in [5, 5.41) is 18.7. The van der Waals surface area contributed by atoms with Gasteiger partial charge in [0.15, 0.2) is 0 Å². The van der Waals surface area contributed by atoms with Gasteiger partial charge in [-0.3, -0.25) is 4.68 Å². The number of nitrogens with one attached hydrogen (secondary N) is 1. The summed E-state index contributed by atoms with van der Waals surface area (Å²) in [6, 6.07) is 0.369. The molecular formula is C16H27N3O. The van der Waals surface area contributed by atoms with Crippen molar-refractivity contribution < 1.29 is 5.11 Å². The number of nitrogens with zero attached hydrogens (tertiary/aromatic N) is 2. The van der Waals surface area contributed by atoms with Crippen molar-refractivity contribution in [3.63, 3.8) is 0 Å². The molecule has 0 saturated heterocycles. The van der Waals surface area contributed by atoms with E-state index in [4.69, 9.17) is 0 Å². The molecule has 2 aliphatic carbocycles. The topological polar surface area (TPSA) is 50.1 Å². The maximum atomic E-state index is 10.7. The van der Waals surface area contributed by atoms with E-state index in [9.17, 15) is 5.11 Å². The van der Waals surface area contributed by atoms with Gasteiger partial charge in [-0.1, -0.05) is 19.8 Å². The highest BCUT2D eigenvalue weighted by atomic mass is 16.3. The maximum absolute atomic E-state index is 10.7. The van der Waals surface area contributed by atoms with Gasteiger partial charge in [0.1, 0.15) is 0 Å². The standard InChI is InChI=1S/C16H27N3O/c1-12-5-4-8-16(20,9-12)11-17-14-6-3-7-15-13(14)10-18-19(15)2/h10,12,14,17,20H,3-9,11H2,1-2H3. The van der Waals surface area contributed by atoms with Crippen molar-refractivity contribution in [1.82, 2.24) is 15.1 Å². The number of aryl methyl sites for hydroxylation is 1. The smallest absolute Gasteiger partial charge is 0.0774 e. The molecule has 1 heterocycles. The zero-order valence-corrected chi connectivity index (χ0v) is 12.7. The second kappa shape index (κ2) is 5.49. The molecule has 2 aliphatic rings. The summed E-state index contributed by atoms with van der Waals surface area (Å²) in [6.07, 6.45) is 9.79. The molecule has 0 amide bonds. The number of fused-ring (bicyclic) bond motifs is 1. The van der Waals surface area contributed by atoms with Crippen molar-refractivity contribution >= 4 is 0 Å². The van der Waals surface area contributed by atoms with E-state index in [1.807, 2.05) is 17.9 Å². The van der Waals surface area contributed by atoms with Gasteiger partial charge in [-0.05, 0) is 38.0 Å². The third kappa shape index (κ3) is 2.77. The minimum atomic E-state index is -0.502. The highest BCUT2D eigenvalue weighted by molar-refractivity contribution is 5.24. The molecule has 1 aromatic heterocycles. The fraction of sp³-hybridized carbons (Fsp3) is 0.812. The lowest BCUT2D eigenvalue weighted by Crippen LogP contribution is -2.45. The molecule has 0 aromatic carbocycles. The molecule has 3 rings (SSSR count). The van der Waals surface area contributed by atoms with Crippen molar-refractivity contribution in [2.75, 3.05) is 6.54 Å². The monoisotopic (exact) mass is 277 g/mol. The molecule has 1 saturated carbocycles. The molecular weight excluding hydrogens is 250 g/mol. The number of hydrogen-bond acceptors (Lipinski definition) is 3. The lowest BCUT2D eigenvalue weighted by molar-refractivity contribution is -0.0141. The van der Waals surface area contributed by atoms with Crippen LogP contribution in [-0.2, 0) is 13.5 Å². The molecule has 4 heteroatoms. The van der Waals surface area contributed by atoms with Gasteiger partial charge < -0.3 is 10.4 Å². The first-order chi connectivity index (χ1) is 9.57. The van der Waals surface area contributed by atoms with E-state index in [2.05, 4.69) is 17.3 Å². The highest BCUT2D eigenvalue weighted by Gasteiger charge is 2.33. The number of rotatable bonds is 3. The van der Waals surface area contributed by atoms with Crippen LogP contribution in [0.5, 0.6) is 0 Å². The van der Waals surface area contributed by atoms with E-state index >= 15 is 0 Å². The molecule has 4 nitrogen and oxygen atoms in total. The molecule has 2 N–H and O–H groups in total. The van der Waals surface area contributed by atoms with E-state index in [-0.39, 0.29) is 0 Å². The van der Waals surface area contributed by atoms with E-state index in [0.717, 1.165) is 38.6 Å². The summed E-state index contributed by atoms with van der Waals surface area (Å²) in [6.45, 7) is 2.97. The Morgan fingerprint density at radius 1 is 1.45 bits per heavy atom. The Hall–Kier alpha value is -0.870. The van der Waals surface area contributed by atoms with Crippen molar-refractivity contribution in [3.8, 4) is 0 Å². The Morgan fingerprint density at radius 3 is 3.10 bits per heavy atom. The Kier molecular flexibility index (Phi) is 3.87. The van der Waals surface area contributed by atoms with Gasteiger partial charge in [0.05, 0.1) is 11.8 Å². The first-order valence-electron chi connectivity index (χ1n) is 8.04. The SMILES string of the molecule is CC1CCCC(O)(CNC2CCCc3c2cnn3C)C1. The Labute approximate surface area is 121 Å². The Morgan fingerprint density at radius 2 is 2.30 bits per heavy atom. The summed E-state index contributed by atoms with van der Waals surface area (Å²) in [5.74, 6) is 0.649. The van der Waals surface area contributed by atoms with E-state index < -0.39 is 5.60 Å². The second-order valence-electron chi connectivity index (χ2n) is 6.92. The summed E-state index contributed by atoms with van der Waals surface area (Å²) >= 11 is 0. The van der Waals surface area contributed by atoms with Crippen LogP contribution in [-0.4, -0.2) is 27.0 Å². The van der Waals surface area contributed by atoms with Gasteiger partial charge in [-0.25, -0.2) is 0 Å². The molecule has 0 spiro atoms. The van der Waals surface area contributed by atoms with Crippen LogP contribution < -0.4 is 5.32 Å². The van der Waals surface area contributed by atoms with Crippen LogP contribution in [0, 0.1) is 5.92 Å². The van der Waals surface area contributed by atoms with Gasteiger partial charge in [-0.15, -0.1) is 0 Å². The third-order valence-corrected chi connectivity index (χ3v) is 5.12. The zero-order chi connectivity index (χ0) is 14.2. The summed E-state index contributed by atoms with van der Waals surface area (Å²) in [4.78, 5) is 0. The van der Waals surface area contributed by atoms with Gasteiger partial charge in [0, 0.05) is 30.9 Å². The van der Waals surface area contributed by atoms with Crippen LogP contribution in [0.25, 0.3) is 0 Å². The normalized spacial score (nSPS) is 34.0. The van der Waals surface area contributed by atoms with Gasteiger partial charge in [0.2, 0.25) is 0 Å². The molecule has 112 valence electrons. The van der Waals surface area contributed by atoms with Crippen LogP contribution in [0.2, 0.25) is 0 Å². The summed E-state index contributed by atoms with van der Waals surface area (Å²) in [7, 11) is 2.03. The fourth-order valence-electron chi connectivity index (χ4n) is 4.02. The predicted octanol–water partition coefficient (Wildman–Crippen LogP) is 2.33. The highest BCUT2D eigenvalue weighted by Crippen LogP contribution is 2.34. The van der Waals surface area contributed by atoms with E-state index in [1.165, 1.54) is 24.1 Å². The molecule has 1 fully saturated rings. The first-order valence-corrected chi connectivity index (χ1v) is 8.04. The van der Waals surface area contributed by atoms with Gasteiger partial charge in [0.25, 0.3) is 0 Å². The van der Waals surface area contributed by atoms with Crippen molar-refractivity contribution in [2.24, 2.45) is 13.0 Å². The molecule has 0 radical (unpaired) electrons. The molecule has 3 atom stereocenters.